The van der Waals surface area contributed by atoms with Crippen molar-refractivity contribution in [2.75, 3.05) is 24.2 Å². The number of alkyl halides is 2. The van der Waals surface area contributed by atoms with E-state index in [0.29, 0.717) is 35.8 Å². The van der Waals surface area contributed by atoms with Crippen molar-refractivity contribution in [2.24, 2.45) is 5.73 Å². The van der Waals surface area contributed by atoms with E-state index in [1.54, 1.807) is 12.1 Å². The molecule has 1 saturated carbocycles. The Balaban J connectivity index is 1.22. The maximum Gasteiger partial charge on any atom is 0.248 e. The molecule has 0 radical (unpaired) electrons. The molecular weight excluding hydrogens is 553 g/mol. The van der Waals surface area contributed by atoms with Gasteiger partial charge < -0.3 is 16.4 Å². The molecule has 0 spiro atoms. The van der Waals surface area contributed by atoms with Crippen molar-refractivity contribution in [1.29, 1.82) is 0 Å². The highest BCUT2D eigenvalue weighted by atomic mass is 32.2. The number of hydrogen-bond donors (Lipinski definition) is 4. The van der Waals surface area contributed by atoms with Crippen molar-refractivity contribution in [2.45, 2.75) is 86.9 Å². The van der Waals surface area contributed by atoms with Crippen LogP contribution in [-0.2, 0) is 27.3 Å². The molecule has 0 aromatic heterocycles. The summed E-state index contributed by atoms with van der Waals surface area (Å²) in [6, 6.07) is 13.2. The van der Waals surface area contributed by atoms with Crippen LogP contribution in [0, 0.1) is 5.82 Å². The molecule has 2 aromatic rings. The zero-order chi connectivity index (χ0) is 29.2. The predicted octanol–water partition coefficient (Wildman–Crippen LogP) is 3.59. The maximum absolute atomic E-state index is 14.1. The molecule has 7 nitrogen and oxygen atoms in total. The van der Waals surface area contributed by atoms with Crippen LogP contribution in [0.5, 0.6) is 0 Å². The van der Waals surface area contributed by atoms with E-state index in [1.807, 2.05) is 24.3 Å². The number of rotatable bonds is 11. The average Bonchev–Trinajstić information content (AvgIpc) is 3.75. The molecule has 3 aliphatic rings. The Kier molecular flexibility index (Phi) is 9.08. The Morgan fingerprint density at radius 3 is 2.49 bits per heavy atom. The number of carbonyl (C=O) groups is 1. The van der Waals surface area contributed by atoms with Gasteiger partial charge in [-0.3, -0.25) is 9.69 Å². The van der Waals surface area contributed by atoms with E-state index in [0.717, 1.165) is 37.9 Å². The molecule has 2 aliphatic heterocycles. The molecule has 4 N–H and O–H groups in total. The number of fused-ring (bicyclic) bond motifs is 1. The predicted molar refractivity (Wildman–Crippen MR) is 153 cm³/mol. The number of nitrogens with one attached hydrogen (secondary N) is 2. The SMILES string of the molecule is N[C@H](C(=O)Nc1ccccc1CC[C@@H]1NCC(CCC[SH](=O)=O)N2CC12)C1(c2ccc(F)cc2)CCC(F)(F)CC1. The molecule has 5 rings (SSSR count). The maximum atomic E-state index is 14.1. The summed E-state index contributed by atoms with van der Waals surface area (Å²) in [6.45, 7) is 1.83. The van der Waals surface area contributed by atoms with Crippen molar-refractivity contribution in [3.05, 3.63) is 65.5 Å². The van der Waals surface area contributed by atoms with Crippen molar-refractivity contribution in [3.8, 4) is 0 Å². The van der Waals surface area contributed by atoms with Gasteiger partial charge in [0.15, 0.2) is 0 Å². The molecule has 0 bridgehead atoms. The van der Waals surface area contributed by atoms with E-state index < -0.39 is 39.8 Å². The van der Waals surface area contributed by atoms with E-state index in [2.05, 4.69) is 15.5 Å². The third-order valence-corrected chi connectivity index (χ3v) is 9.97. The Morgan fingerprint density at radius 2 is 1.78 bits per heavy atom. The number of nitrogens with zero attached hydrogens (tertiary/aromatic N) is 1. The molecule has 3 unspecified atom stereocenters. The second kappa shape index (κ2) is 12.4. The molecular formula is C30H39F3N4O3S. The third-order valence-electron chi connectivity index (χ3n) is 9.29. The Hall–Kier alpha value is -2.47. The number of amides is 1. The number of hydrogen-bond acceptors (Lipinski definition) is 6. The molecule has 224 valence electrons. The van der Waals surface area contributed by atoms with Crippen molar-refractivity contribution in [3.63, 3.8) is 0 Å². The zero-order valence-electron chi connectivity index (χ0n) is 23.0. The van der Waals surface area contributed by atoms with Gasteiger partial charge in [-0.25, -0.2) is 21.6 Å². The number of piperazine rings is 1. The lowest BCUT2D eigenvalue weighted by molar-refractivity contribution is -0.121. The fraction of sp³-hybridized carbons (Fsp3) is 0.567. The van der Waals surface area contributed by atoms with Gasteiger partial charge in [-0.1, -0.05) is 30.3 Å². The summed E-state index contributed by atoms with van der Waals surface area (Å²) in [7, 11) is -2.33. The third kappa shape index (κ3) is 6.96. The van der Waals surface area contributed by atoms with Gasteiger partial charge in [0.1, 0.15) is 16.5 Å². The highest BCUT2D eigenvalue weighted by Crippen LogP contribution is 2.47. The van der Waals surface area contributed by atoms with E-state index in [4.69, 9.17) is 5.73 Å². The Bertz CT molecular complexity index is 1290. The van der Waals surface area contributed by atoms with Crippen molar-refractivity contribution >= 4 is 22.3 Å². The first-order valence-electron chi connectivity index (χ1n) is 14.5. The summed E-state index contributed by atoms with van der Waals surface area (Å²) >= 11 is 0. The van der Waals surface area contributed by atoms with E-state index in [9.17, 15) is 26.4 Å². The van der Waals surface area contributed by atoms with Gasteiger partial charge in [-0.05, 0) is 67.9 Å². The Morgan fingerprint density at radius 1 is 1.07 bits per heavy atom. The van der Waals surface area contributed by atoms with E-state index >= 15 is 0 Å². The fourth-order valence-electron chi connectivity index (χ4n) is 6.76. The molecule has 2 heterocycles. The molecule has 11 heteroatoms. The van der Waals surface area contributed by atoms with Crippen molar-refractivity contribution < 1.29 is 26.4 Å². The van der Waals surface area contributed by atoms with Gasteiger partial charge >= 0.3 is 0 Å². The van der Waals surface area contributed by atoms with E-state index in [1.165, 1.54) is 12.1 Å². The standard InChI is InChI=1S/C30H39F3N4O3S/c31-22-10-8-21(9-11-22)29(13-15-30(32,33)16-14-29)27(34)28(38)36-24-6-2-1-4-20(24)7-12-25-26-19-37(26)23(18-35-25)5-3-17-41(39)40/h1-2,4,6,8-11,23,25-27,35,41H,3,5,7,12-19,34H2,(H,36,38)/t23?,25-,26?,27+,37?/m0/s1. The van der Waals surface area contributed by atoms with Gasteiger partial charge in [-0.2, -0.15) is 0 Å². The smallest absolute Gasteiger partial charge is 0.248 e. The highest BCUT2D eigenvalue weighted by Gasteiger charge is 2.50. The van der Waals surface area contributed by atoms with Crippen molar-refractivity contribution in [1.82, 2.24) is 10.2 Å². The van der Waals surface area contributed by atoms with Crippen LogP contribution in [0.25, 0.3) is 0 Å². The summed E-state index contributed by atoms with van der Waals surface area (Å²) < 4.78 is 63.7. The lowest BCUT2D eigenvalue weighted by Crippen LogP contribution is -2.55. The molecule has 1 aliphatic carbocycles. The topological polar surface area (TPSA) is 104 Å². The van der Waals surface area contributed by atoms with Crippen LogP contribution < -0.4 is 16.4 Å². The van der Waals surface area contributed by atoms with Crippen LogP contribution in [0.1, 0.15) is 56.1 Å². The zero-order valence-corrected chi connectivity index (χ0v) is 23.9. The van der Waals surface area contributed by atoms with Gasteiger partial charge in [0.25, 0.3) is 0 Å². The number of halogens is 3. The average molecular weight is 593 g/mol. The summed E-state index contributed by atoms with van der Waals surface area (Å²) in [5, 5.41) is 6.61. The molecule has 1 amide bonds. The van der Waals surface area contributed by atoms with E-state index in [-0.39, 0.29) is 31.4 Å². The quantitative estimate of drug-likeness (QED) is 0.235. The normalized spacial score (nSPS) is 27.1. The summed E-state index contributed by atoms with van der Waals surface area (Å²) in [6.07, 6.45) is 2.44. The lowest BCUT2D eigenvalue weighted by Gasteiger charge is -2.44. The minimum atomic E-state index is -2.81. The van der Waals surface area contributed by atoms with Crippen LogP contribution in [-0.4, -0.2) is 68.2 Å². The molecule has 2 saturated heterocycles. The van der Waals surface area contributed by atoms with Crippen LogP contribution in [0.2, 0.25) is 0 Å². The monoisotopic (exact) mass is 592 g/mol. The van der Waals surface area contributed by atoms with Crippen LogP contribution in [0.4, 0.5) is 18.9 Å². The lowest BCUT2D eigenvalue weighted by atomic mass is 9.64. The van der Waals surface area contributed by atoms with Gasteiger partial charge in [0.2, 0.25) is 11.8 Å². The van der Waals surface area contributed by atoms with Crippen LogP contribution >= 0.6 is 0 Å². The minimum Gasteiger partial charge on any atom is -0.324 e. The Labute approximate surface area is 241 Å². The number of anilines is 1. The van der Waals surface area contributed by atoms with Gasteiger partial charge in [0, 0.05) is 60.9 Å². The number of thiol groups is 1. The first-order valence-corrected chi connectivity index (χ1v) is 15.8. The summed E-state index contributed by atoms with van der Waals surface area (Å²) in [4.78, 5) is 16.0. The molecule has 2 aromatic carbocycles. The highest BCUT2D eigenvalue weighted by molar-refractivity contribution is 7.72. The number of para-hydroxylation sites is 1. The number of nitrogens with two attached hydrogens (primary N) is 1. The molecule has 41 heavy (non-hydrogen) atoms. The van der Waals surface area contributed by atoms with Gasteiger partial charge in [-0.15, -0.1) is 0 Å². The second-order valence-corrected chi connectivity index (χ2v) is 12.9. The largest absolute Gasteiger partial charge is 0.324 e. The molecule has 5 atom stereocenters. The minimum absolute atomic E-state index is 0.0311. The van der Waals surface area contributed by atoms with Gasteiger partial charge in [0.05, 0.1) is 6.04 Å². The fourth-order valence-corrected chi connectivity index (χ4v) is 7.20. The second-order valence-electron chi connectivity index (χ2n) is 11.8. The number of carbonyl (C=O) groups excluding carboxylic acids is 1. The van der Waals surface area contributed by atoms with Crippen LogP contribution in [0.3, 0.4) is 0 Å². The molecule has 3 fully saturated rings. The first kappa shape index (κ1) is 30.0. The number of aryl methyl sites for hydroxylation is 1. The van der Waals surface area contributed by atoms with Crippen LogP contribution in [0.15, 0.2) is 48.5 Å². The first-order chi connectivity index (χ1) is 19.6. The summed E-state index contributed by atoms with van der Waals surface area (Å²) in [5.74, 6) is -3.46. The number of benzene rings is 2. The summed E-state index contributed by atoms with van der Waals surface area (Å²) in [5.41, 5.74) is 7.76.